The van der Waals surface area contributed by atoms with Crippen LogP contribution in [0.2, 0.25) is 5.02 Å². The molecule has 0 saturated carbocycles. The Morgan fingerprint density at radius 3 is 2.73 bits per heavy atom. The van der Waals surface area contributed by atoms with Gasteiger partial charge in [0.05, 0.1) is 24.3 Å². The molecule has 9 heteroatoms. The van der Waals surface area contributed by atoms with E-state index in [4.69, 9.17) is 21.1 Å². The van der Waals surface area contributed by atoms with E-state index in [1.807, 2.05) is 12.1 Å². The van der Waals surface area contributed by atoms with E-state index in [1.54, 1.807) is 39.1 Å². The number of pyridine rings is 1. The van der Waals surface area contributed by atoms with Gasteiger partial charge < -0.3 is 14.3 Å². The van der Waals surface area contributed by atoms with E-state index in [2.05, 4.69) is 9.82 Å². The summed E-state index contributed by atoms with van der Waals surface area (Å²) in [5.74, 6) is -0.0274. The Kier molecular flexibility index (Phi) is 6.58. The van der Waals surface area contributed by atoms with Crippen LogP contribution in [0.5, 0.6) is 5.75 Å². The van der Waals surface area contributed by atoms with Crippen LogP contribution < -0.4 is 4.74 Å². The Bertz CT molecular complexity index is 945. The van der Waals surface area contributed by atoms with Crippen LogP contribution in [-0.4, -0.2) is 22.6 Å². The average Bonchev–Trinajstić information content (AvgIpc) is 3.12. The first-order chi connectivity index (χ1) is 14.2. The summed E-state index contributed by atoms with van der Waals surface area (Å²) in [6.07, 6.45) is 2.17. The summed E-state index contributed by atoms with van der Waals surface area (Å²) in [4.78, 5) is 31.8. The van der Waals surface area contributed by atoms with Gasteiger partial charge >= 0.3 is 5.97 Å². The molecule has 0 bridgehead atoms. The summed E-state index contributed by atoms with van der Waals surface area (Å²) in [6.45, 7) is 5.48. The first-order valence-corrected chi connectivity index (χ1v) is 9.92. The molecule has 1 atom stereocenters. The lowest BCUT2D eigenvalue weighted by Gasteiger charge is -2.23. The molecule has 0 spiro atoms. The Morgan fingerprint density at radius 1 is 1.37 bits per heavy atom. The Balaban J connectivity index is 1.76. The maximum absolute atomic E-state index is 12.8. The molecule has 1 aliphatic rings. The van der Waals surface area contributed by atoms with Gasteiger partial charge in [0.15, 0.2) is 5.75 Å². The smallest absolute Gasteiger partial charge is 0.316 e. The molecule has 0 fully saturated rings. The minimum atomic E-state index is -0.843. The van der Waals surface area contributed by atoms with Gasteiger partial charge in [0.1, 0.15) is 6.10 Å². The molecular formula is C21H23ClN2O6. The zero-order valence-corrected chi connectivity index (χ0v) is 17.8. The highest BCUT2D eigenvalue weighted by Crippen LogP contribution is 2.41. The fraction of sp³-hybridized carbons (Fsp3) is 0.429. The molecule has 1 aromatic carbocycles. The minimum absolute atomic E-state index is 0.0678. The molecule has 0 radical (unpaired) electrons. The van der Waals surface area contributed by atoms with Crippen LogP contribution in [-0.2, 0) is 21.0 Å². The van der Waals surface area contributed by atoms with Gasteiger partial charge in [-0.1, -0.05) is 23.7 Å². The third-order valence-electron chi connectivity index (χ3n) is 5.09. The highest BCUT2D eigenvalue weighted by Gasteiger charge is 2.34. The van der Waals surface area contributed by atoms with Gasteiger partial charge in [0.25, 0.3) is 5.09 Å². The van der Waals surface area contributed by atoms with Crippen LogP contribution in [0.15, 0.2) is 30.5 Å². The quantitative estimate of drug-likeness (QED) is 0.259. The first kappa shape index (κ1) is 22.0. The van der Waals surface area contributed by atoms with E-state index in [9.17, 15) is 14.9 Å². The number of aromatic nitrogens is 1. The zero-order chi connectivity index (χ0) is 21.9. The number of hydrogen-bond acceptors (Lipinski definition) is 7. The molecule has 1 aliphatic heterocycles. The molecule has 8 nitrogen and oxygen atoms in total. The number of nitrogens with zero attached hydrogens (tertiary/aromatic N) is 2. The van der Waals surface area contributed by atoms with Crippen LogP contribution in [0.1, 0.15) is 55.2 Å². The highest BCUT2D eigenvalue weighted by atomic mass is 35.5. The zero-order valence-electron chi connectivity index (χ0n) is 17.0. The molecule has 1 aromatic heterocycles. The standard InChI is InChI=1S/C21H23ClN2O6/c1-13-18(30-20(25)21(2,3)9-4-10-29-24(26)27)17-12-28-19(16(17)11-23-13)14-5-7-15(22)8-6-14/h5-8,11,19H,4,9-10,12H2,1-3H3/t19-/m1/s1. The van der Waals surface area contributed by atoms with Gasteiger partial charge in [-0.25, -0.2) is 0 Å². The van der Waals surface area contributed by atoms with Crippen LogP contribution in [0.4, 0.5) is 0 Å². The van der Waals surface area contributed by atoms with Gasteiger partial charge in [-0.05, 0) is 51.3 Å². The summed E-state index contributed by atoms with van der Waals surface area (Å²) < 4.78 is 11.7. The maximum Gasteiger partial charge on any atom is 0.316 e. The Hall–Kier alpha value is -2.71. The van der Waals surface area contributed by atoms with Crippen LogP contribution in [0, 0.1) is 22.5 Å². The van der Waals surface area contributed by atoms with E-state index in [0.717, 1.165) is 16.7 Å². The molecule has 0 aliphatic carbocycles. The molecule has 2 aromatic rings. The average molecular weight is 435 g/mol. The van der Waals surface area contributed by atoms with E-state index in [0.29, 0.717) is 35.9 Å². The second kappa shape index (κ2) is 8.97. The summed E-state index contributed by atoms with van der Waals surface area (Å²) in [7, 11) is 0. The molecule has 0 amide bonds. The second-order valence-electron chi connectivity index (χ2n) is 7.78. The number of halogens is 1. The van der Waals surface area contributed by atoms with Gasteiger partial charge in [0, 0.05) is 22.3 Å². The van der Waals surface area contributed by atoms with Gasteiger partial charge in [-0.2, -0.15) is 0 Å². The molecule has 2 heterocycles. The van der Waals surface area contributed by atoms with Crippen molar-refractivity contribution in [3.8, 4) is 5.75 Å². The lowest BCUT2D eigenvalue weighted by atomic mass is 9.88. The van der Waals surface area contributed by atoms with Crippen molar-refractivity contribution in [2.24, 2.45) is 5.41 Å². The first-order valence-electron chi connectivity index (χ1n) is 9.54. The van der Waals surface area contributed by atoms with Crippen LogP contribution in [0.25, 0.3) is 0 Å². The molecular weight excluding hydrogens is 412 g/mol. The van der Waals surface area contributed by atoms with E-state index >= 15 is 0 Å². The normalized spacial score (nSPS) is 15.5. The SMILES string of the molecule is Cc1ncc2c(c1OC(=O)C(C)(C)CCCO[N+](=O)[O-])CO[C@@H]2c1ccc(Cl)cc1. The maximum atomic E-state index is 12.8. The van der Waals surface area contributed by atoms with Crippen molar-refractivity contribution in [3.63, 3.8) is 0 Å². The van der Waals surface area contributed by atoms with Gasteiger partial charge in [0.2, 0.25) is 0 Å². The molecule has 0 saturated heterocycles. The topological polar surface area (TPSA) is 101 Å². The predicted octanol–water partition coefficient (Wildman–Crippen LogP) is 4.58. The van der Waals surface area contributed by atoms with Gasteiger partial charge in [-0.15, -0.1) is 10.1 Å². The third-order valence-corrected chi connectivity index (χ3v) is 5.34. The third kappa shape index (κ3) is 4.88. The fourth-order valence-electron chi connectivity index (χ4n) is 3.32. The minimum Gasteiger partial charge on any atom is -0.424 e. The number of fused-ring (bicyclic) bond motifs is 1. The predicted molar refractivity (Wildman–Crippen MR) is 109 cm³/mol. The van der Waals surface area contributed by atoms with Crippen LogP contribution in [0.3, 0.4) is 0 Å². The lowest BCUT2D eigenvalue weighted by molar-refractivity contribution is -0.757. The highest BCUT2D eigenvalue weighted by molar-refractivity contribution is 6.30. The number of aryl methyl sites for hydroxylation is 1. The van der Waals surface area contributed by atoms with Crippen molar-refractivity contribution in [1.82, 2.24) is 4.98 Å². The lowest BCUT2D eigenvalue weighted by Crippen LogP contribution is -2.30. The van der Waals surface area contributed by atoms with Crippen LogP contribution >= 0.6 is 11.6 Å². The fourth-order valence-corrected chi connectivity index (χ4v) is 3.44. The molecule has 160 valence electrons. The second-order valence-corrected chi connectivity index (χ2v) is 8.22. The Morgan fingerprint density at radius 2 is 2.07 bits per heavy atom. The number of ether oxygens (including phenoxy) is 2. The molecule has 30 heavy (non-hydrogen) atoms. The number of carbonyl (C=O) groups excluding carboxylic acids is 1. The van der Waals surface area contributed by atoms with Crippen molar-refractivity contribution in [2.75, 3.05) is 6.61 Å². The largest absolute Gasteiger partial charge is 0.424 e. The van der Waals surface area contributed by atoms with Crippen molar-refractivity contribution in [1.29, 1.82) is 0 Å². The molecule has 0 N–H and O–H groups in total. The summed E-state index contributed by atoms with van der Waals surface area (Å²) >= 11 is 5.97. The number of esters is 1. The summed E-state index contributed by atoms with van der Waals surface area (Å²) in [5, 5.41) is 10.1. The van der Waals surface area contributed by atoms with E-state index < -0.39 is 16.5 Å². The van der Waals surface area contributed by atoms with Crippen molar-refractivity contribution in [2.45, 2.75) is 46.3 Å². The number of benzene rings is 1. The Labute approximate surface area is 179 Å². The number of rotatable bonds is 8. The summed E-state index contributed by atoms with van der Waals surface area (Å²) in [6, 6.07) is 7.38. The van der Waals surface area contributed by atoms with Crippen molar-refractivity contribution >= 4 is 17.6 Å². The van der Waals surface area contributed by atoms with E-state index in [1.165, 1.54) is 0 Å². The van der Waals surface area contributed by atoms with Crippen molar-refractivity contribution < 1.29 is 24.2 Å². The monoisotopic (exact) mass is 434 g/mol. The van der Waals surface area contributed by atoms with Crippen molar-refractivity contribution in [3.05, 3.63) is 68.0 Å². The number of carbonyl (C=O) groups is 1. The van der Waals surface area contributed by atoms with Gasteiger partial charge in [-0.3, -0.25) is 9.78 Å². The summed E-state index contributed by atoms with van der Waals surface area (Å²) in [5.41, 5.74) is 2.33. The van der Waals surface area contributed by atoms with E-state index in [-0.39, 0.29) is 12.7 Å². The molecule has 3 rings (SSSR count). The number of hydrogen-bond donors (Lipinski definition) is 0. The molecule has 0 unspecified atom stereocenters.